The van der Waals surface area contributed by atoms with Crippen LogP contribution in [0.15, 0.2) is 0 Å². The highest BCUT2D eigenvalue weighted by Crippen LogP contribution is 2.32. The average Bonchev–Trinajstić information content (AvgIpc) is 2.67. The second-order valence-electron chi connectivity index (χ2n) is 8.57. The second-order valence-corrected chi connectivity index (χ2v) is 8.57. The van der Waals surface area contributed by atoms with Crippen LogP contribution in [-0.2, 0) is 4.79 Å². The monoisotopic (exact) mass is 422 g/mol. The van der Waals surface area contributed by atoms with Gasteiger partial charge in [0.25, 0.3) is 0 Å². The highest BCUT2D eigenvalue weighted by molar-refractivity contribution is 5.85. The van der Waals surface area contributed by atoms with E-state index in [4.69, 9.17) is 0 Å². The standard InChI is InChI=1S/C20H38N4O.2ClH/c1-17(2)18-3-5-19(6-4-18)23-15-13-22(14-16-23)10-7-20(25)24-11-8-21-9-12-24;;/h17-19,21H,3-16H2,1-2H3;2*1H. The van der Waals surface area contributed by atoms with E-state index in [9.17, 15) is 4.79 Å². The summed E-state index contributed by atoms with van der Waals surface area (Å²) in [5.41, 5.74) is 0. The van der Waals surface area contributed by atoms with Gasteiger partial charge in [0.15, 0.2) is 0 Å². The molecular weight excluding hydrogens is 383 g/mol. The summed E-state index contributed by atoms with van der Waals surface area (Å²) in [6, 6.07) is 0.819. The van der Waals surface area contributed by atoms with E-state index in [0.29, 0.717) is 12.3 Å². The van der Waals surface area contributed by atoms with Crippen LogP contribution in [0.25, 0.3) is 0 Å². The van der Waals surface area contributed by atoms with Crippen LogP contribution in [-0.4, -0.2) is 85.6 Å². The average molecular weight is 423 g/mol. The number of halogens is 2. The van der Waals surface area contributed by atoms with Crippen LogP contribution in [0.1, 0.15) is 46.0 Å². The molecule has 160 valence electrons. The van der Waals surface area contributed by atoms with Crippen molar-refractivity contribution in [1.82, 2.24) is 20.0 Å². The van der Waals surface area contributed by atoms with E-state index in [2.05, 4.69) is 29.0 Å². The first-order chi connectivity index (χ1) is 12.1. The minimum atomic E-state index is 0. The van der Waals surface area contributed by atoms with Crippen molar-refractivity contribution in [2.24, 2.45) is 11.8 Å². The van der Waals surface area contributed by atoms with Gasteiger partial charge in [0, 0.05) is 71.4 Å². The molecule has 5 nitrogen and oxygen atoms in total. The first-order valence-electron chi connectivity index (χ1n) is 10.6. The number of piperazine rings is 2. The molecule has 2 heterocycles. The first-order valence-corrected chi connectivity index (χ1v) is 10.6. The van der Waals surface area contributed by atoms with E-state index in [-0.39, 0.29) is 24.8 Å². The number of carbonyl (C=O) groups is 1. The van der Waals surface area contributed by atoms with Crippen LogP contribution in [0.3, 0.4) is 0 Å². The number of nitrogens with one attached hydrogen (secondary N) is 1. The molecule has 0 unspecified atom stereocenters. The fourth-order valence-corrected chi connectivity index (χ4v) is 4.81. The quantitative estimate of drug-likeness (QED) is 0.738. The lowest BCUT2D eigenvalue weighted by atomic mass is 9.79. The van der Waals surface area contributed by atoms with E-state index >= 15 is 0 Å². The van der Waals surface area contributed by atoms with Gasteiger partial charge in [0.1, 0.15) is 0 Å². The Kier molecular flexibility index (Phi) is 11.5. The van der Waals surface area contributed by atoms with Crippen molar-refractivity contribution < 1.29 is 4.79 Å². The Morgan fingerprint density at radius 3 is 2.07 bits per heavy atom. The summed E-state index contributed by atoms with van der Waals surface area (Å²) in [4.78, 5) is 19.6. The van der Waals surface area contributed by atoms with Crippen LogP contribution in [0.4, 0.5) is 0 Å². The maximum atomic E-state index is 12.3. The zero-order valence-electron chi connectivity index (χ0n) is 17.2. The van der Waals surface area contributed by atoms with Gasteiger partial charge in [-0.05, 0) is 37.5 Å². The molecule has 1 N–H and O–H groups in total. The molecule has 1 aliphatic carbocycles. The Morgan fingerprint density at radius 1 is 0.926 bits per heavy atom. The molecule has 27 heavy (non-hydrogen) atoms. The van der Waals surface area contributed by atoms with Crippen molar-refractivity contribution in [3.63, 3.8) is 0 Å². The summed E-state index contributed by atoms with van der Waals surface area (Å²) in [5, 5.41) is 3.31. The molecule has 0 spiro atoms. The third kappa shape index (κ3) is 7.36. The Morgan fingerprint density at radius 2 is 1.52 bits per heavy atom. The zero-order chi connectivity index (χ0) is 17.6. The molecule has 0 aromatic rings. The minimum Gasteiger partial charge on any atom is -0.340 e. The Hall–Kier alpha value is -0.0700. The van der Waals surface area contributed by atoms with Gasteiger partial charge >= 0.3 is 0 Å². The largest absolute Gasteiger partial charge is 0.340 e. The Bertz CT molecular complexity index is 416. The molecule has 0 aromatic heterocycles. The lowest BCUT2D eigenvalue weighted by Crippen LogP contribution is -2.52. The second kappa shape index (κ2) is 12.5. The topological polar surface area (TPSA) is 38.8 Å². The summed E-state index contributed by atoms with van der Waals surface area (Å²) in [5.74, 6) is 2.15. The van der Waals surface area contributed by atoms with E-state index in [1.807, 2.05) is 4.90 Å². The molecule has 3 fully saturated rings. The third-order valence-corrected chi connectivity index (χ3v) is 6.72. The lowest BCUT2D eigenvalue weighted by Gasteiger charge is -2.42. The van der Waals surface area contributed by atoms with Gasteiger partial charge in [-0.25, -0.2) is 0 Å². The molecule has 2 aliphatic heterocycles. The maximum absolute atomic E-state index is 12.3. The van der Waals surface area contributed by atoms with Crippen LogP contribution >= 0.6 is 24.8 Å². The van der Waals surface area contributed by atoms with E-state index in [0.717, 1.165) is 63.7 Å². The number of amides is 1. The van der Waals surface area contributed by atoms with E-state index in [1.165, 1.54) is 38.8 Å². The summed E-state index contributed by atoms with van der Waals surface area (Å²) in [6.07, 6.45) is 6.32. The lowest BCUT2D eigenvalue weighted by molar-refractivity contribution is -0.132. The molecule has 0 atom stereocenters. The van der Waals surface area contributed by atoms with Crippen molar-refractivity contribution in [3.05, 3.63) is 0 Å². The summed E-state index contributed by atoms with van der Waals surface area (Å²) >= 11 is 0. The molecule has 1 amide bonds. The minimum absolute atomic E-state index is 0. The normalized spacial score (nSPS) is 27.7. The molecule has 2 saturated heterocycles. The number of carbonyl (C=O) groups excluding carboxylic acids is 1. The van der Waals surface area contributed by atoms with Crippen molar-refractivity contribution in [2.75, 3.05) is 58.9 Å². The highest BCUT2D eigenvalue weighted by Gasteiger charge is 2.29. The van der Waals surface area contributed by atoms with Crippen LogP contribution in [0.5, 0.6) is 0 Å². The molecule has 0 bridgehead atoms. The van der Waals surface area contributed by atoms with Gasteiger partial charge in [-0.3, -0.25) is 9.69 Å². The van der Waals surface area contributed by atoms with Gasteiger partial charge in [0.2, 0.25) is 5.91 Å². The Labute approximate surface area is 178 Å². The predicted octanol–water partition coefficient (Wildman–Crippen LogP) is 2.48. The Balaban J connectivity index is 0.00000182. The number of hydrogen-bond donors (Lipinski definition) is 1. The number of rotatable bonds is 5. The number of nitrogens with zero attached hydrogens (tertiary/aromatic N) is 3. The van der Waals surface area contributed by atoms with Crippen LogP contribution in [0.2, 0.25) is 0 Å². The third-order valence-electron chi connectivity index (χ3n) is 6.72. The van der Waals surface area contributed by atoms with Crippen molar-refractivity contribution in [1.29, 1.82) is 0 Å². The SMILES string of the molecule is CC(C)C1CCC(N2CCN(CCC(=O)N3CCNCC3)CC2)CC1.Cl.Cl. The zero-order valence-corrected chi connectivity index (χ0v) is 18.8. The van der Waals surface area contributed by atoms with Crippen molar-refractivity contribution >= 4 is 30.7 Å². The molecule has 3 aliphatic rings. The van der Waals surface area contributed by atoms with Gasteiger partial charge in [-0.2, -0.15) is 0 Å². The van der Waals surface area contributed by atoms with Crippen molar-refractivity contribution in [2.45, 2.75) is 52.0 Å². The van der Waals surface area contributed by atoms with Gasteiger partial charge < -0.3 is 15.1 Å². The molecule has 7 heteroatoms. The molecule has 3 rings (SSSR count). The summed E-state index contributed by atoms with van der Waals surface area (Å²) in [6.45, 7) is 14.0. The molecular formula is C20H40Cl2N4O. The van der Waals surface area contributed by atoms with Crippen LogP contribution < -0.4 is 5.32 Å². The number of hydrogen-bond acceptors (Lipinski definition) is 4. The van der Waals surface area contributed by atoms with Crippen LogP contribution in [0, 0.1) is 11.8 Å². The summed E-state index contributed by atoms with van der Waals surface area (Å²) < 4.78 is 0. The van der Waals surface area contributed by atoms with Gasteiger partial charge in [-0.1, -0.05) is 13.8 Å². The molecule has 1 saturated carbocycles. The first kappa shape index (κ1) is 25.0. The van der Waals surface area contributed by atoms with Gasteiger partial charge in [-0.15, -0.1) is 24.8 Å². The molecule has 0 aromatic carbocycles. The van der Waals surface area contributed by atoms with Gasteiger partial charge in [0.05, 0.1) is 0 Å². The highest BCUT2D eigenvalue weighted by atomic mass is 35.5. The van der Waals surface area contributed by atoms with E-state index < -0.39 is 0 Å². The fraction of sp³-hybridized carbons (Fsp3) is 0.950. The smallest absolute Gasteiger partial charge is 0.223 e. The molecule has 0 radical (unpaired) electrons. The van der Waals surface area contributed by atoms with E-state index in [1.54, 1.807) is 0 Å². The predicted molar refractivity (Wildman–Crippen MR) is 117 cm³/mol. The van der Waals surface area contributed by atoms with Crippen molar-refractivity contribution in [3.8, 4) is 0 Å². The maximum Gasteiger partial charge on any atom is 0.223 e. The fourth-order valence-electron chi connectivity index (χ4n) is 4.81. The summed E-state index contributed by atoms with van der Waals surface area (Å²) in [7, 11) is 0.